The van der Waals surface area contributed by atoms with E-state index in [9.17, 15) is 14.7 Å². The van der Waals surface area contributed by atoms with Crippen molar-refractivity contribution in [2.45, 2.75) is 31.3 Å². The molecule has 0 aromatic heterocycles. The second-order valence-electron chi connectivity index (χ2n) is 5.42. The summed E-state index contributed by atoms with van der Waals surface area (Å²) >= 11 is 1.83. The summed E-state index contributed by atoms with van der Waals surface area (Å²) in [5, 5.41) is 12.4. The highest BCUT2D eigenvalue weighted by molar-refractivity contribution is 7.99. The maximum Gasteiger partial charge on any atom is 0.327 e. The monoisotopic (exact) mass is 306 g/mol. The number of aliphatic carboxylic acids is 1. The number of benzene rings is 1. The Bertz CT molecular complexity index is 558. The van der Waals surface area contributed by atoms with E-state index in [1.165, 1.54) is 4.90 Å². The number of rotatable bonds is 2. The Morgan fingerprint density at radius 1 is 1.33 bits per heavy atom. The number of hydrogen-bond acceptors (Lipinski definition) is 3. The van der Waals surface area contributed by atoms with Crippen molar-refractivity contribution >= 4 is 29.4 Å². The topological polar surface area (TPSA) is 69.6 Å². The van der Waals surface area contributed by atoms with Crippen LogP contribution < -0.4 is 10.2 Å². The maximum absolute atomic E-state index is 12.5. The van der Waals surface area contributed by atoms with Crippen molar-refractivity contribution in [2.24, 2.45) is 0 Å². The van der Waals surface area contributed by atoms with Crippen molar-refractivity contribution in [1.82, 2.24) is 5.32 Å². The molecule has 2 aliphatic heterocycles. The highest BCUT2D eigenvalue weighted by Gasteiger charge is 2.38. The summed E-state index contributed by atoms with van der Waals surface area (Å²) in [6.45, 7) is 0. The van der Waals surface area contributed by atoms with Gasteiger partial charge in [-0.3, -0.25) is 4.90 Å². The Hall–Kier alpha value is -1.69. The Morgan fingerprint density at radius 3 is 2.86 bits per heavy atom. The number of fused-ring (bicyclic) bond motifs is 1. The van der Waals surface area contributed by atoms with Gasteiger partial charge in [0, 0.05) is 23.9 Å². The number of amides is 2. The zero-order valence-corrected chi connectivity index (χ0v) is 12.4. The van der Waals surface area contributed by atoms with Crippen molar-refractivity contribution in [1.29, 1.82) is 0 Å². The Kier molecular flexibility index (Phi) is 4.05. The number of nitrogens with one attached hydrogen (secondary N) is 1. The number of carboxylic acids is 1. The number of carboxylic acid groups (broad SMARTS) is 1. The van der Waals surface area contributed by atoms with E-state index < -0.39 is 12.0 Å². The molecule has 0 spiro atoms. The van der Waals surface area contributed by atoms with Crippen LogP contribution in [0, 0.1) is 0 Å². The van der Waals surface area contributed by atoms with Gasteiger partial charge >= 0.3 is 12.0 Å². The molecule has 2 amide bonds. The fraction of sp³-hybridized carbons (Fsp3) is 0.467. The molecule has 2 unspecified atom stereocenters. The second-order valence-corrected chi connectivity index (χ2v) is 6.57. The maximum atomic E-state index is 12.5. The first-order valence-corrected chi connectivity index (χ1v) is 8.30. The number of nitrogens with zero attached hydrogens (tertiary/aromatic N) is 1. The first-order valence-electron chi connectivity index (χ1n) is 7.15. The molecule has 3 rings (SSSR count). The van der Waals surface area contributed by atoms with Crippen LogP contribution in [0.25, 0.3) is 0 Å². The molecule has 21 heavy (non-hydrogen) atoms. The summed E-state index contributed by atoms with van der Waals surface area (Å²) in [6, 6.07) is 6.44. The van der Waals surface area contributed by atoms with Crippen molar-refractivity contribution < 1.29 is 14.7 Å². The van der Waals surface area contributed by atoms with Crippen LogP contribution in [0.4, 0.5) is 10.5 Å². The largest absolute Gasteiger partial charge is 0.480 e. The number of para-hydroxylation sites is 1. The summed E-state index contributed by atoms with van der Waals surface area (Å²) in [5.74, 6) is 1.08. The van der Waals surface area contributed by atoms with E-state index in [4.69, 9.17) is 0 Å². The van der Waals surface area contributed by atoms with Gasteiger partial charge in [-0.2, -0.15) is 11.8 Å². The number of urea groups is 1. The van der Waals surface area contributed by atoms with Gasteiger partial charge in [-0.1, -0.05) is 18.2 Å². The highest BCUT2D eigenvalue weighted by atomic mass is 32.2. The molecule has 0 radical (unpaired) electrons. The Morgan fingerprint density at radius 2 is 2.14 bits per heavy atom. The van der Waals surface area contributed by atoms with Gasteiger partial charge in [0.25, 0.3) is 0 Å². The van der Waals surface area contributed by atoms with Gasteiger partial charge < -0.3 is 10.4 Å². The quantitative estimate of drug-likeness (QED) is 0.878. The van der Waals surface area contributed by atoms with Crippen LogP contribution in [0.3, 0.4) is 0 Å². The minimum absolute atomic E-state index is 0.137. The van der Waals surface area contributed by atoms with Crippen molar-refractivity contribution in [3.8, 4) is 0 Å². The molecule has 0 aliphatic carbocycles. The lowest BCUT2D eigenvalue weighted by atomic mass is 10.1. The summed E-state index contributed by atoms with van der Waals surface area (Å²) in [5.41, 5.74) is 1.63. The minimum atomic E-state index is -0.959. The first-order chi connectivity index (χ1) is 10.2. The van der Waals surface area contributed by atoms with E-state index in [0.29, 0.717) is 12.1 Å². The van der Waals surface area contributed by atoms with E-state index in [1.807, 2.05) is 36.0 Å². The van der Waals surface area contributed by atoms with E-state index in [1.54, 1.807) is 0 Å². The molecular weight excluding hydrogens is 288 g/mol. The number of hydrogen-bond donors (Lipinski definition) is 2. The molecule has 1 fully saturated rings. The van der Waals surface area contributed by atoms with E-state index in [0.717, 1.165) is 29.9 Å². The van der Waals surface area contributed by atoms with Gasteiger partial charge in [-0.25, -0.2) is 9.59 Å². The van der Waals surface area contributed by atoms with Crippen molar-refractivity contribution in [2.75, 3.05) is 16.4 Å². The van der Waals surface area contributed by atoms with Gasteiger partial charge in [-0.05, 0) is 30.2 Å². The van der Waals surface area contributed by atoms with Gasteiger partial charge in [0.05, 0.1) is 0 Å². The van der Waals surface area contributed by atoms with Gasteiger partial charge in [-0.15, -0.1) is 0 Å². The third-order valence-corrected chi connectivity index (χ3v) is 5.18. The zero-order valence-electron chi connectivity index (χ0n) is 11.6. The molecule has 1 saturated heterocycles. The van der Waals surface area contributed by atoms with Gasteiger partial charge in [0.2, 0.25) is 0 Å². The molecule has 1 aromatic rings. The van der Waals surface area contributed by atoms with Crippen LogP contribution in [0.2, 0.25) is 0 Å². The number of carbonyl (C=O) groups is 2. The molecule has 2 aliphatic rings. The highest BCUT2D eigenvalue weighted by Crippen LogP contribution is 2.32. The number of thioether (sulfide) groups is 1. The average molecular weight is 306 g/mol. The zero-order chi connectivity index (χ0) is 14.8. The molecule has 2 N–H and O–H groups in total. The van der Waals surface area contributed by atoms with E-state index in [2.05, 4.69) is 5.32 Å². The molecular formula is C15H18N2O3S. The van der Waals surface area contributed by atoms with Crippen molar-refractivity contribution in [3.05, 3.63) is 29.8 Å². The van der Waals surface area contributed by atoms with Crippen LogP contribution in [-0.4, -0.2) is 40.7 Å². The predicted octanol–water partition coefficient (Wildman–Crippen LogP) is 2.11. The van der Waals surface area contributed by atoms with Crippen LogP contribution >= 0.6 is 11.8 Å². The Labute approximate surface area is 127 Å². The fourth-order valence-electron chi connectivity index (χ4n) is 2.93. The van der Waals surface area contributed by atoms with Crippen LogP contribution in [0.15, 0.2) is 24.3 Å². The van der Waals surface area contributed by atoms with Crippen LogP contribution in [0.5, 0.6) is 0 Å². The van der Waals surface area contributed by atoms with Gasteiger partial charge in [0.1, 0.15) is 6.04 Å². The molecule has 112 valence electrons. The smallest absolute Gasteiger partial charge is 0.327 e. The molecule has 1 aromatic carbocycles. The van der Waals surface area contributed by atoms with E-state index in [-0.39, 0.29) is 12.1 Å². The summed E-state index contributed by atoms with van der Waals surface area (Å²) < 4.78 is 0. The van der Waals surface area contributed by atoms with Crippen LogP contribution in [0.1, 0.15) is 18.4 Å². The number of carbonyl (C=O) groups excluding carboxylic acids is 1. The first kappa shape index (κ1) is 14.3. The number of anilines is 1. The van der Waals surface area contributed by atoms with Crippen molar-refractivity contribution in [3.63, 3.8) is 0 Å². The van der Waals surface area contributed by atoms with E-state index >= 15 is 0 Å². The SMILES string of the molecule is O=C(O)C1Cc2ccccc2N1C(=O)NC1CCCSC1. The Balaban J connectivity index is 1.80. The normalized spacial score (nSPS) is 24.5. The summed E-state index contributed by atoms with van der Waals surface area (Å²) in [7, 11) is 0. The summed E-state index contributed by atoms with van der Waals surface area (Å²) in [6.07, 6.45) is 2.43. The molecule has 0 bridgehead atoms. The second kappa shape index (κ2) is 5.97. The molecule has 2 atom stereocenters. The molecule has 0 saturated carbocycles. The van der Waals surface area contributed by atoms with Gasteiger partial charge in [0.15, 0.2) is 0 Å². The predicted molar refractivity (Wildman–Crippen MR) is 82.9 cm³/mol. The third kappa shape index (κ3) is 2.85. The lowest BCUT2D eigenvalue weighted by molar-refractivity contribution is -0.138. The standard InChI is InChI=1S/C15H18N2O3S/c18-14(19)13-8-10-4-1-2-6-12(10)17(13)15(20)16-11-5-3-7-21-9-11/h1-2,4,6,11,13H,3,5,7-9H2,(H,16,20)(H,18,19). The molecule has 2 heterocycles. The third-order valence-electron chi connectivity index (χ3n) is 3.97. The lowest BCUT2D eigenvalue weighted by Crippen LogP contribution is -2.51. The van der Waals surface area contributed by atoms with Crippen LogP contribution in [-0.2, 0) is 11.2 Å². The molecule has 6 heteroatoms. The minimum Gasteiger partial charge on any atom is -0.480 e. The average Bonchev–Trinajstić information content (AvgIpc) is 2.88. The fourth-order valence-corrected chi connectivity index (χ4v) is 4.01. The summed E-state index contributed by atoms with van der Waals surface area (Å²) in [4.78, 5) is 25.4. The lowest BCUT2D eigenvalue weighted by Gasteiger charge is -2.28. The molecule has 5 nitrogen and oxygen atoms in total.